The van der Waals surface area contributed by atoms with Gasteiger partial charge in [0.2, 0.25) is 0 Å². The number of hydrogen-bond acceptors (Lipinski definition) is 3. The monoisotopic (exact) mass is 267 g/mol. The third kappa shape index (κ3) is 2.45. The van der Waals surface area contributed by atoms with Gasteiger partial charge >= 0.3 is 0 Å². The van der Waals surface area contributed by atoms with Crippen molar-refractivity contribution in [3.8, 4) is 5.75 Å². The number of aromatic amines is 1. The summed E-state index contributed by atoms with van der Waals surface area (Å²) in [4.78, 5) is 0. The van der Waals surface area contributed by atoms with E-state index in [1.165, 1.54) is 0 Å². The summed E-state index contributed by atoms with van der Waals surface area (Å²) in [6.07, 6.45) is 2.79. The Morgan fingerprint density at radius 1 is 1.20 bits per heavy atom. The summed E-state index contributed by atoms with van der Waals surface area (Å²) < 4.78 is 0. The van der Waals surface area contributed by atoms with Crippen molar-refractivity contribution in [2.75, 3.05) is 5.32 Å². The number of aromatic nitrogens is 2. The van der Waals surface area contributed by atoms with Gasteiger partial charge in [-0.05, 0) is 42.3 Å². The molecule has 0 aliphatic carbocycles. The van der Waals surface area contributed by atoms with E-state index in [1.54, 1.807) is 12.1 Å². The number of anilines is 1. The van der Waals surface area contributed by atoms with E-state index in [1.807, 2.05) is 30.5 Å². The molecule has 20 heavy (non-hydrogen) atoms. The van der Waals surface area contributed by atoms with E-state index in [9.17, 15) is 5.11 Å². The van der Waals surface area contributed by atoms with Crippen LogP contribution in [-0.2, 0) is 0 Å². The molecule has 3 aromatic rings. The second kappa shape index (κ2) is 5.25. The second-order valence-electron chi connectivity index (χ2n) is 4.87. The maximum atomic E-state index is 9.36. The maximum Gasteiger partial charge on any atom is 0.115 e. The van der Waals surface area contributed by atoms with Crippen molar-refractivity contribution in [3.63, 3.8) is 0 Å². The summed E-state index contributed by atoms with van der Waals surface area (Å²) in [7, 11) is 0. The molecule has 0 aliphatic rings. The molecule has 2 aromatic carbocycles. The third-order valence-electron chi connectivity index (χ3n) is 3.48. The molecule has 0 radical (unpaired) electrons. The molecule has 3 rings (SSSR count). The summed E-state index contributed by atoms with van der Waals surface area (Å²) in [6.45, 7) is 2.14. The van der Waals surface area contributed by atoms with Crippen LogP contribution in [0.15, 0.2) is 48.7 Å². The molecule has 0 fully saturated rings. The van der Waals surface area contributed by atoms with Crippen LogP contribution in [0.4, 0.5) is 5.69 Å². The van der Waals surface area contributed by atoms with Gasteiger partial charge in [-0.2, -0.15) is 5.10 Å². The smallest absolute Gasteiger partial charge is 0.115 e. The van der Waals surface area contributed by atoms with Gasteiger partial charge in [-0.3, -0.25) is 5.10 Å². The number of nitrogens with zero attached hydrogens (tertiary/aromatic N) is 1. The van der Waals surface area contributed by atoms with E-state index in [2.05, 4.69) is 28.5 Å². The molecule has 0 saturated heterocycles. The number of H-pyrrole nitrogens is 1. The van der Waals surface area contributed by atoms with Crippen LogP contribution in [0.1, 0.15) is 24.9 Å². The summed E-state index contributed by atoms with van der Waals surface area (Å²) >= 11 is 0. The number of phenols is 1. The van der Waals surface area contributed by atoms with Gasteiger partial charge in [-0.25, -0.2) is 0 Å². The predicted molar refractivity (Wildman–Crippen MR) is 80.9 cm³/mol. The van der Waals surface area contributed by atoms with Gasteiger partial charge in [0, 0.05) is 11.1 Å². The lowest BCUT2D eigenvalue weighted by molar-refractivity contribution is 0.475. The molecule has 1 atom stereocenters. The molecule has 3 N–H and O–H groups in total. The van der Waals surface area contributed by atoms with Gasteiger partial charge in [0.15, 0.2) is 0 Å². The lowest BCUT2D eigenvalue weighted by Crippen LogP contribution is -2.09. The first-order valence-electron chi connectivity index (χ1n) is 6.75. The van der Waals surface area contributed by atoms with Gasteiger partial charge in [-0.15, -0.1) is 0 Å². The minimum absolute atomic E-state index is 0.222. The summed E-state index contributed by atoms with van der Waals surface area (Å²) in [5.74, 6) is 0.295. The van der Waals surface area contributed by atoms with Gasteiger partial charge in [-0.1, -0.05) is 19.1 Å². The average Bonchev–Trinajstić information content (AvgIpc) is 2.93. The van der Waals surface area contributed by atoms with E-state index in [0.717, 1.165) is 28.6 Å². The average molecular weight is 267 g/mol. The van der Waals surface area contributed by atoms with Crippen LogP contribution in [0, 0.1) is 0 Å². The van der Waals surface area contributed by atoms with E-state index < -0.39 is 0 Å². The highest BCUT2D eigenvalue weighted by Gasteiger charge is 2.09. The number of nitrogens with one attached hydrogen (secondary N) is 2. The number of fused-ring (bicyclic) bond motifs is 1. The second-order valence-corrected chi connectivity index (χ2v) is 4.87. The lowest BCUT2D eigenvalue weighted by atomic mass is 10.0. The number of phenolic OH excluding ortho intramolecular Hbond substituents is 1. The van der Waals surface area contributed by atoms with Crippen molar-refractivity contribution in [1.82, 2.24) is 10.2 Å². The fraction of sp³-hybridized carbons (Fsp3) is 0.188. The molecule has 0 spiro atoms. The molecule has 4 nitrogen and oxygen atoms in total. The Morgan fingerprint density at radius 3 is 2.75 bits per heavy atom. The Labute approximate surface area is 117 Å². The molecule has 0 aliphatic heterocycles. The van der Waals surface area contributed by atoms with Gasteiger partial charge in [0.25, 0.3) is 0 Å². The molecule has 0 saturated carbocycles. The Kier molecular flexibility index (Phi) is 3.29. The zero-order valence-corrected chi connectivity index (χ0v) is 11.3. The third-order valence-corrected chi connectivity index (χ3v) is 3.48. The highest BCUT2D eigenvalue weighted by Crippen LogP contribution is 2.25. The summed E-state index contributed by atoms with van der Waals surface area (Å²) in [5, 5.41) is 21.0. The Balaban J connectivity index is 1.84. The van der Waals surface area contributed by atoms with E-state index in [-0.39, 0.29) is 6.04 Å². The summed E-state index contributed by atoms with van der Waals surface area (Å²) in [5.41, 5.74) is 3.27. The van der Waals surface area contributed by atoms with Gasteiger partial charge in [0.05, 0.1) is 17.8 Å². The lowest BCUT2D eigenvalue weighted by Gasteiger charge is -2.19. The van der Waals surface area contributed by atoms with E-state index in [4.69, 9.17) is 0 Å². The van der Waals surface area contributed by atoms with E-state index in [0.29, 0.717) is 5.75 Å². The van der Waals surface area contributed by atoms with Crippen molar-refractivity contribution in [2.45, 2.75) is 19.4 Å². The highest BCUT2D eigenvalue weighted by atomic mass is 16.3. The van der Waals surface area contributed by atoms with E-state index >= 15 is 0 Å². The number of rotatable bonds is 4. The highest BCUT2D eigenvalue weighted by molar-refractivity contribution is 5.81. The van der Waals surface area contributed by atoms with Crippen LogP contribution in [0.2, 0.25) is 0 Å². The molecular formula is C16H17N3O. The molecule has 1 aromatic heterocycles. The first-order valence-corrected chi connectivity index (χ1v) is 6.75. The van der Waals surface area contributed by atoms with Crippen LogP contribution in [-0.4, -0.2) is 15.3 Å². The normalized spacial score (nSPS) is 12.4. The van der Waals surface area contributed by atoms with Crippen molar-refractivity contribution >= 4 is 16.6 Å². The van der Waals surface area contributed by atoms with Crippen LogP contribution in [0.5, 0.6) is 5.75 Å². The first kappa shape index (κ1) is 12.5. The SMILES string of the molecule is CCC(Nc1ccc2[nH]ncc2c1)c1ccc(O)cc1. The minimum atomic E-state index is 0.222. The predicted octanol–water partition coefficient (Wildman–Crippen LogP) is 3.83. The van der Waals surface area contributed by atoms with Crippen LogP contribution >= 0.6 is 0 Å². The molecule has 0 bridgehead atoms. The largest absolute Gasteiger partial charge is 0.508 e. The number of benzene rings is 2. The quantitative estimate of drug-likeness (QED) is 0.673. The fourth-order valence-electron chi connectivity index (χ4n) is 2.36. The topological polar surface area (TPSA) is 60.9 Å². The number of aromatic hydroxyl groups is 1. The Hall–Kier alpha value is -2.49. The molecular weight excluding hydrogens is 250 g/mol. The molecule has 1 unspecified atom stereocenters. The van der Waals surface area contributed by atoms with Crippen LogP contribution < -0.4 is 5.32 Å². The van der Waals surface area contributed by atoms with Gasteiger partial charge < -0.3 is 10.4 Å². The standard InChI is InChI=1S/C16H17N3O/c1-2-15(11-3-6-14(20)7-4-11)18-13-5-8-16-12(9-13)10-17-19-16/h3-10,15,18,20H,2H2,1H3,(H,17,19). The first-order chi connectivity index (χ1) is 9.76. The zero-order chi connectivity index (χ0) is 13.9. The fourth-order valence-corrected chi connectivity index (χ4v) is 2.36. The van der Waals surface area contributed by atoms with Crippen molar-refractivity contribution in [2.24, 2.45) is 0 Å². The maximum absolute atomic E-state index is 9.36. The van der Waals surface area contributed by atoms with Crippen molar-refractivity contribution in [1.29, 1.82) is 0 Å². The van der Waals surface area contributed by atoms with Crippen LogP contribution in [0.3, 0.4) is 0 Å². The minimum Gasteiger partial charge on any atom is -0.508 e. The molecule has 1 heterocycles. The molecule has 4 heteroatoms. The van der Waals surface area contributed by atoms with Gasteiger partial charge in [0.1, 0.15) is 5.75 Å². The Morgan fingerprint density at radius 2 is 2.00 bits per heavy atom. The number of hydrogen-bond donors (Lipinski definition) is 3. The molecule has 102 valence electrons. The van der Waals surface area contributed by atoms with Crippen molar-refractivity contribution in [3.05, 3.63) is 54.2 Å². The Bertz CT molecular complexity index is 703. The van der Waals surface area contributed by atoms with Crippen LogP contribution in [0.25, 0.3) is 10.9 Å². The summed E-state index contributed by atoms with van der Waals surface area (Å²) in [6, 6.07) is 13.7. The van der Waals surface area contributed by atoms with Crippen molar-refractivity contribution < 1.29 is 5.11 Å². The molecule has 0 amide bonds. The zero-order valence-electron chi connectivity index (χ0n) is 11.3.